The number of amides is 1. The van der Waals surface area contributed by atoms with Crippen LogP contribution in [0.15, 0.2) is 71.8 Å². The first-order valence-electron chi connectivity index (χ1n) is 9.09. The van der Waals surface area contributed by atoms with Crippen LogP contribution in [-0.4, -0.2) is 25.9 Å². The molecule has 1 N–H and O–H groups in total. The minimum Gasteiger partial charge on any atom is -0.307 e. The van der Waals surface area contributed by atoms with Gasteiger partial charge in [-0.15, -0.1) is 0 Å². The molecule has 0 saturated heterocycles. The maximum Gasteiger partial charge on any atom is 0.264 e. The van der Waals surface area contributed by atoms with Gasteiger partial charge in [0.1, 0.15) is 5.82 Å². The lowest BCUT2D eigenvalue weighted by Crippen LogP contribution is -2.35. The largest absolute Gasteiger partial charge is 0.307 e. The standard InChI is InChI=1S/C21H18ClN3O3S/c22-17-10-11-20(23-14-17)24-21(26)16-6-3-8-18(13-16)29(27,28)25-12-4-7-15-5-1-2-9-19(15)25/h1-3,5-6,8-11,13-14H,4,7,12H2,(H,23,24,26). The molecule has 29 heavy (non-hydrogen) atoms. The summed E-state index contributed by atoms with van der Waals surface area (Å²) in [5, 5.41) is 3.10. The maximum atomic E-state index is 13.3. The minimum absolute atomic E-state index is 0.0749. The number of sulfonamides is 1. The number of hydrogen-bond donors (Lipinski definition) is 1. The fourth-order valence-electron chi connectivity index (χ4n) is 3.31. The Morgan fingerprint density at radius 2 is 1.90 bits per heavy atom. The number of aromatic nitrogens is 1. The molecule has 1 amide bonds. The summed E-state index contributed by atoms with van der Waals surface area (Å²) < 4.78 is 28.0. The van der Waals surface area contributed by atoms with Gasteiger partial charge in [0.2, 0.25) is 0 Å². The zero-order valence-electron chi connectivity index (χ0n) is 15.4. The molecule has 2 aromatic carbocycles. The van der Waals surface area contributed by atoms with Crippen LogP contribution in [0.25, 0.3) is 0 Å². The van der Waals surface area contributed by atoms with Crippen LogP contribution >= 0.6 is 11.6 Å². The highest BCUT2D eigenvalue weighted by molar-refractivity contribution is 7.92. The molecule has 0 aliphatic carbocycles. The van der Waals surface area contributed by atoms with Gasteiger partial charge in [-0.25, -0.2) is 13.4 Å². The molecule has 0 saturated carbocycles. The van der Waals surface area contributed by atoms with E-state index in [2.05, 4.69) is 10.3 Å². The maximum absolute atomic E-state index is 13.3. The predicted molar refractivity (Wildman–Crippen MR) is 113 cm³/mol. The summed E-state index contributed by atoms with van der Waals surface area (Å²) in [6, 6.07) is 16.7. The van der Waals surface area contributed by atoms with Gasteiger partial charge in [0.15, 0.2) is 0 Å². The lowest BCUT2D eigenvalue weighted by molar-refractivity contribution is 0.102. The highest BCUT2D eigenvalue weighted by atomic mass is 35.5. The highest BCUT2D eigenvalue weighted by Gasteiger charge is 2.29. The molecule has 4 rings (SSSR count). The number of hydrogen-bond acceptors (Lipinski definition) is 4. The normalized spacial score (nSPS) is 13.6. The molecule has 0 fully saturated rings. The number of carbonyl (C=O) groups is 1. The molecule has 0 radical (unpaired) electrons. The summed E-state index contributed by atoms with van der Waals surface area (Å²) in [7, 11) is -3.79. The van der Waals surface area contributed by atoms with Crippen molar-refractivity contribution in [1.29, 1.82) is 0 Å². The molecule has 1 aliphatic rings. The Labute approximate surface area is 174 Å². The average molecular weight is 428 g/mol. The minimum atomic E-state index is -3.79. The molecule has 0 spiro atoms. The van der Waals surface area contributed by atoms with Crippen LogP contribution in [0.1, 0.15) is 22.3 Å². The number of aryl methyl sites for hydroxylation is 1. The zero-order valence-corrected chi connectivity index (χ0v) is 16.9. The lowest BCUT2D eigenvalue weighted by Gasteiger charge is -2.30. The third-order valence-electron chi connectivity index (χ3n) is 4.72. The van der Waals surface area contributed by atoms with Crippen LogP contribution in [0.2, 0.25) is 5.02 Å². The third-order valence-corrected chi connectivity index (χ3v) is 6.75. The van der Waals surface area contributed by atoms with E-state index < -0.39 is 15.9 Å². The van der Waals surface area contributed by atoms with Crippen molar-refractivity contribution in [3.05, 3.63) is 83.0 Å². The molecular weight excluding hydrogens is 410 g/mol. The van der Waals surface area contributed by atoms with Crippen molar-refractivity contribution in [2.75, 3.05) is 16.2 Å². The molecule has 3 aromatic rings. The van der Waals surface area contributed by atoms with Gasteiger partial charge in [-0.05, 0) is 54.8 Å². The van der Waals surface area contributed by atoms with E-state index in [0.717, 1.165) is 18.4 Å². The Hall–Kier alpha value is -2.90. The molecule has 0 unspecified atom stereocenters. The molecule has 8 heteroatoms. The van der Waals surface area contributed by atoms with Crippen molar-refractivity contribution in [3.8, 4) is 0 Å². The van der Waals surface area contributed by atoms with Gasteiger partial charge in [-0.1, -0.05) is 35.9 Å². The van der Waals surface area contributed by atoms with Crippen molar-refractivity contribution in [2.24, 2.45) is 0 Å². The number of carbonyl (C=O) groups excluding carboxylic acids is 1. The number of nitrogens with zero attached hydrogens (tertiary/aromatic N) is 2. The SMILES string of the molecule is O=C(Nc1ccc(Cl)cn1)c1cccc(S(=O)(=O)N2CCCc3ccccc32)c1. The zero-order chi connectivity index (χ0) is 20.4. The Bertz CT molecular complexity index is 1160. The van der Waals surface area contributed by atoms with E-state index in [4.69, 9.17) is 11.6 Å². The Morgan fingerprint density at radius 3 is 2.69 bits per heavy atom. The van der Waals surface area contributed by atoms with Crippen LogP contribution in [0.3, 0.4) is 0 Å². The fourth-order valence-corrected chi connectivity index (χ4v) is 5.01. The Balaban J connectivity index is 1.63. The van der Waals surface area contributed by atoms with Gasteiger partial charge in [-0.3, -0.25) is 9.10 Å². The molecule has 6 nitrogen and oxygen atoms in total. The highest BCUT2D eigenvalue weighted by Crippen LogP contribution is 2.32. The van der Waals surface area contributed by atoms with Crippen molar-refractivity contribution < 1.29 is 13.2 Å². The lowest BCUT2D eigenvalue weighted by atomic mass is 10.0. The smallest absolute Gasteiger partial charge is 0.264 e. The van der Waals surface area contributed by atoms with Gasteiger partial charge in [0, 0.05) is 18.3 Å². The summed E-state index contributed by atoms with van der Waals surface area (Å²) in [5.41, 5.74) is 1.93. The first kappa shape index (κ1) is 19.4. The number of pyridine rings is 1. The van der Waals surface area contributed by atoms with Gasteiger partial charge in [0.25, 0.3) is 15.9 Å². The van der Waals surface area contributed by atoms with E-state index in [1.54, 1.807) is 24.3 Å². The monoisotopic (exact) mass is 427 g/mol. The molecule has 1 aliphatic heterocycles. The summed E-state index contributed by atoms with van der Waals surface area (Å²) in [5.74, 6) is -0.117. The van der Waals surface area contributed by atoms with Crippen molar-refractivity contribution in [2.45, 2.75) is 17.7 Å². The number of fused-ring (bicyclic) bond motifs is 1. The number of nitrogens with one attached hydrogen (secondary N) is 1. The van der Waals surface area contributed by atoms with E-state index in [0.29, 0.717) is 23.1 Å². The van der Waals surface area contributed by atoms with E-state index in [1.807, 2.05) is 24.3 Å². The first-order valence-corrected chi connectivity index (χ1v) is 10.9. The number of para-hydroxylation sites is 1. The summed E-state index contributed by atoms with van der Waals surface area (Å²) in [4.78, 5) is 16.7. The number of halogens is 1. The fraction of sp³-hybridized carbons (Fsp3) is 0.143. The van der Waals surface area contributed by atoms with Crippen molar-refractivity contribution >= 4 is 39.0 Å². The molecule has 0 bridgehead atoms. The van der Waals surface area contributed by atoms with E-state index >= 15 is 0 Å². The summed E-state index contributed by atoms with van der Waals surface area (Å²) in [6.07, 6.45) is 3.02. The second-order valence-electron chi connectivity index (χ2n) is 6.65. The second-order valence-corrected chi connectivity index (χ2v) is 8.95. The molecular formula is C21H18ClN3O3S. The third kappa shape index (κ3) is 3.97. The van der Waals surface area contributed by atoms with Gasteiger partial charge >= 0.3 is 0 Å². The van der Waals surface area contributed by atoms with Crippen molar-refractivity contribution in [3.63, 3.8) is 0 Å². The number of rotatable bonds is 4. The number of anilines is 2. The van der Waals surface area contributed by atoms with Crippen LogP contribution in [0.4, 0.5) is 11.5 Å². The topological polar surface area (TPSA) is 79.4 Å². The summed E-state index contributed by atoms with van der Waals surface area (Å²) >= 11 is 5.80. The molecule has 2 heterocycles. The predicted octanol–water partition coefficient (Wildman–Crippen LogP) is 4.13. The van der Waals surface area contributed by atoms with Crippen molar-refractivity contribution in [1.82, 2.24) is 4.98 Å². The Kier molecular flexibility index (Phi) is 5.25. The number of benzene rings is 2. The average Bonchev–Trinajstić information content (AvgIpc) is 2.75. The summed E-state index contributed by atoms with van der Waals surface area (Å²) in [6.45, 7) is 0.407. The second kappa shape index (κ2) is 7.85. The van der Waals surface area contributed by atoms with Crippen LogP contribution in [-0.2, 0) is 16.4 Å². The van der Waals surface area contributed by atoms with E-state index in [9.17, 15) is 13.2 Å². The van der Waals surface area contributed by atoms with Crippen LogP contribution < -0.4 is 9.62 Å². The first-order chi connectivity index (χ1) is 13.9. The molecule has 148 valence electrons. The molecule has 0 atom stereocenters. The van der Waals surface area contributed by atoms with E-state index in [-0.39, 0.29) is 10.5 Å². The molecule has 1 aromatic heterocycles. The quantitative estimate of drug-likeness (QED) is 0.679. The van der Waals surface area contributed by atoms with Crippen LogP contribution in [0.5, 0.6) is 0 Å². The Morgan fingerprint density at radius 1 is 1.07 bits per heavy atom. The van der Waals surface area contributed by atoms with Gasteiger partial charge in [0.05, 0.1) is 15.6 Å². The van der Waals surface area contributed by atoms with Gasteiger partial charge in [-0.2, -0.15) is 0 Å². The van der Waals surface area contributed by atoms with E-state index in [1.165, 1.54) is 22.6 Å². The van der Waals surface area contributed by atoms with Crippen LogP contribution in [0, 0.1) is 0 Å². The van der Waals surface area contributed by atoms with Gasteiger partial charge < -0.3 is 5.32 Å².